The van der Waals surface area contributed by atoms with Crippen LogP contribution in [0.5, 0.6) is 0 Å². The lowest BCUT2D eigenvalue weighted by atomic mass is 9.68. The van der Waals surface area contributed by atoms with E-state index in [-0.39, 0.29) is 11.8 Å². The van der Waals surface area contributed by atoms with Gasteiger partial charge >= 0.3 is 0 Å². The highest BCUT2D eigenvalue weighted by molar-refractivity contribution is 5.76. The maximum absolute atomic E-state index is 12.2. The molecule has 0 spiro atoms. The van der Waals surface area contributed by atoms with Crippen LogP contribution in [0.2, 0.25) is 0 Å². The van der Waals surface area contributed by atoms with E-state index in [0.29, 0.717) is 30.3 Å². The molecule has 2 heterocycles. The van der Waals surface area contributed by atoms with Gasteiger partial charge in [-0.3, -0.25) is 4.79 Å². The van der Waals surface area contributed by atoms with E-state index < -0.39 is 0 Å². The molecule has 22 heavy (non-hydrogen) atoms. The first-order chi connectivity index (χ1) is 10.8. The molecule has 2 N–H and O–H groups in total. The molecule has 3 fully saturated rings. The number of rotatable bonds is 0. The molecule has 0 aromatic carbocycles. The summed E-state index contributed by atoms with van der Waals surface area (Å²) in [7, 11) is 0. The lowest BCUT2D eigenvalue weighted by Crippen LogP contribution is -2.50. The normalized spacial score (nSPS) is 40.3. The molecule has 2 aliphatic heterocycles. The number of fused-ring (bicyclic) bond motifs is 4. The third-order valence-electron chi connectivity index (χ3n) is 6.03. The molecule has 3 aliphatic rings. The Hall–Kier alpha value is -1.08. The van der Waals surface area contributed by atoms with E-state index in [4.69, 9.17) is 0 Å². The first kappa shape index (κ1) is 15.8. The molecule has 0 radical (unpaired) electrons. The number of nitrogens with one attached hydrogen (secondary N) is 2. The molecule has 1 aliphatic carbocycles. The second kappa shape index (κ2) is 7.46. The van der Waals surface area contributed by atoms with E-state index in [2.05, 4.69) is 16.7 Å². The Labute approximate surface area is 134 Å². The Balaban J connectivity index is 1.75. The van der Waals surface area contributed by atoms with Crippen LogP contribution in [0.3, 0.4) is 0 Å². The lowest BCUT2D eigenvalue weighted by molar-refractivity contribution is -0.122. The van der Waals surface area contributed by atoms with Crippen LogP contribution in [-0.2, 0) is 4.79 Å². The van der Waals surface area contributed by atoms with Gasteiger partial charge in [-0.2, -0.15) is 5.26 Å². The topological polar surface area (TPSA) is 64.9 Å². The number of piperidine rings is 1. The minimum atomic E-state index is 0.194. The third-order valence-corrected chi connectivity index (χ3v) is 6.03. The molecule has 3 rings (SSSR count). The van der Waals surface area contributed by atoms with E-state index in [1.165, 1.54) is 32.1 Å². The zero-order chi connectivity index (χ0) is 15.4. The summed E-state index contributed by atoms with van der Waals surface area (Å²) < 4.78 is 0. The Morgan fingerprint density at radius 1 is 1.05 bits per heavy atom. The van der Waals surface area contributed by atoms with E-state index in [9.17, 15) is 10.1 Å². The molecule has 122 valence electrons. The first-order valence-corrected chi connectivity index (χ1v) is 9.18. The van der Waals surface area contributed by atoms with Crippen LogP contribution < -0.4 is 10.6 Å². The average Bonchev–Trinajstić information content (AvgIpc) is 2.54. The predicted octanol–water partition coefficient (Wildman–Crippen LogP) is 2.74. The Morgan fingerprint density at radius 2 is 1.95 bits per heavy atom. The van der Waals surface area contributed by atoms with Crippen molar-refractivity contribution in [2.75, 3.05) is 6.54 Å². The fourth-order valence-electron chi connectivity index (χ4n) is 4.80. The van der Waals surface area contributed by atoms with Crippen molar-refractivity contribution in [3.8, 4) is 6.07 Å². The van der Waals surface area contributed by atoms with Crippen LogP contribution in [0.4, 0.5) is 0 Å². The second-order valence-electron chi connectivity index (χ2n) is 7.51. The van der Waals surface area contributed by atoms with Crippen LogP contribution in [0.25, 0.3) is 0 Å². The molecule has 2 bridgehead atoms. The van der Waals surface area contributed by atoms with Crippen LogP contribution in [0, 0.1) is 29.1 Å². The summed E-state index contributed by atoms with van der Waals surface area (Å²) in [6.07, 6.45) is 10.7. The van der Waals surface area contributed by atoms with Crippen LogP contribution in [0.1, 0.15) is 64.2 Å². The van der Waals surface area contributed by atoms with Gasteiger partial charge in [0, 0.05) is 24.4 Å². The maximum Gasteiger partial charge on any atom is 0.220 e. The number of carbonyl (C=O) groups is 1. The van der Waals surface area contributed by atoms with Crippen molar-refractivity contribution < 1.29 is 4.79 Å². The molecule has 2 saturated heterocycles. The summed E-state index contributed by atoms with van der Waals surface area (Å²) >= 11 is 0. The second-order valence-corrected chi connectivity index (χ2v) is 7.51. The van der Waals surface area contributed by atoms with Gasteiger partial charge in [0.2, 0.25) is 5.91 Å². The third kappa shape index (κ3) is 3.81. The number of hydrogen-bond acceptors (Lipinski definition) is 3. The first-order valence-electron chi connectivity index (χ1n) is 9.18. The van der Waals surface area contributed by atoms with Gasteiger partial charge in [-0.25, -0.2) is 0 Å². The number of amides is 1. The molecule has 0 aromatic heterocycles. The molecule has 1 saturated carbocycles. The zero-order valence-corrected chi connectivity index (χ0v) is 13.5. The Morgan fingerprint density at radius 3 is 2.82 bits per heavy atom. The van der Waals surface area contributed by atoms with E-state index >= 15 is 0 Å². The van der Waals surface area contributed by atoms with Crippen molar-refractivity contribution in [2.24, 2.45) is 17.8 Å². The van der Waals surface area contributed by atoms with E-state index in [1.807, 2.05) is 0 Å². The molecule has 4 heteroatoms. The van der Waals surface area contributed by atoms with Gasteiger partial charge in [0.05, 0.1) is 6.07 Å². The van der Waals surface area contributed by atoms with Crippen molar-refractivity contribution in [1.29, 1.82) is 5.26 Å². The number of carbonyl (C=O) groups excluding carboxylic acids is 1. The lowest BCUT2D eigenvalue weighted by Gasteiger charge is -2.43. The van der Waals surface area contributed by atoms with Gasteiger partial charge in [0.25, 0.3) is 0 Å². The molecule has 4 nitrogen and oxygen atoms in total. The van der Waals surface area contributed by atoms with E-state index in [1.54, 1.807) is 0 Å². The Kier molecular flexibility index (Phi) is 5.36. The quantitative estimate of drug-likeness (QED) is 0.723. The number of nitriles is 1. The van der Waals surface area contributed by atoms with Gasteiger partial charge in [-0.05, 0) is 63.3 Å². The highest BCUT2D eigenvalue weighted by Gasteiger charge is 2.38. The van der Waals surface area contributed by atoms with Crippen molar-refractivity contribution >= 4 is 5.91 Å². The summed E-state index contributed by atoms with van der Waals surface area (Å²) in [6, 6.07) is 3.44. The van der Waals surface area contributed by atoms with E-state index in [0.717, 1.165) is 32.2 Å². The number of hydrogen-bond donors (Lipinski definition) is 2. The van der Waals surface area contributed by atoms with Crippen LogP contribution >= 0.6 is 0 Å². The molecule has 0 aromatic rings. The van der Waals surface area contributed by atoms with Crippen LogP contribution in [-0.4, -0.2) is 24.5 Å². The predicted molar refractivity (Wildman–Crippen MR) is 86.0 cm³/mol. The smallest absolute Gasteiger partial charge is 0.220 e. The van der Waals surface area contributed by atoms with Gasteiger partial charge in [-0.1, -0.05) is 12.8 Å². The van der Waals surface area contributed by atoms with Gasteiger partial charge in [0.15, 0.2) is 0 Å². The summed E-state index contributed by atoms with van der Waals surface area (Å²) in [5, 5.41) is 16.3. The van der Waals surface area contributed by atoms with Gasteiger partial charge in [0.1, 0.15) is 0 Å². The SMILES string of the molecule is N#C[C@H]1CC[C@@H]2NC(=O)CCCCC[C@H]3C[C@H](CCN3)[C@@H]2C1. The highest BCUT2D eigenvalue weighted by Crippen LogP contribution is 2.39. The monoisotopic (exact) mass is 303 g/mol. The van der Waals surface area contributed by atoms with Gasteiger partial charge in [-0.15, -0.1) is 0 Å². The van der Waals surface area contributed by atoms with Crippen molar-refractivity contribution in [3.63, 3.8) is 0 Å². The van der Waals surface area contributed by atoms with Crippen molar-refractivity contribution in [1.82, 2.24) is 10.6 Å². The molecule has 5 atom stereocenters. The molecular formula is C18H29N3O. The summed E-state index contributed by atoms with van der Waals surface area (Å²) in [4.78, 5) is 12.2. The molecular weight excluding hydrogens is 274 g/mol. The maximum atomic E-state index is 12.2. The Bertz CT molecular complexity index is 431. The summed E-state index contributed by atoms with van der Waals surface area (Å²) in [5.41, 5.74) is 0. The molecule has 0 unspecified atom stereocenters. The fraction of sp³-hybridized carbons (Fsp3) is 0.889. The minimum absolute atomic E-state index is 0.194. The summed E-state index contributed by atoms with van der Waals surface area (Å²) in [5.74, 6) is 1.61. The fourth-order valence-corrected chi connectivity index (χ4v) is 4.80. The van der Waals surface area contributed by atoms with Gasteiger partial charge < -0.3 is 10.6 Å². The standard InChI is InChI=1S/C18H29N3O/c19-12-13-6-7-17-16(10-13)14-8-9-20-15(11-14)4-2-1-3-5-18(22)21-17/h13-17,20H,1-11H2,(H,21,22)/t13-,14-,15-,16-,17-/m0/s1. The van der Waals surface area contributed by atoms with Crippen LogP contribution in [0.15, 0.2) is 0 Å². The largest absolute Gasteiger partial charge is 0.353 e. The van der Waals surface area contributed by atoms with Crippen molar-refractivity contribution in [2.45, 2.75) is 76.3 Å². The number of nitrogens with zero attached hydrogens (tertiary/aromatic N) is 1. The zero-order valence-electron chi connectivity index (χ0n) is 13.5. The average molecular weight is 303 g/mol. The molecule has 1 amide bonds. The summed E-state index contributed by atoms with van der Waals surface area (Å²) in [6.45, 7) is 1.10. The minimum Gasteiger partial charge on any atom is -0.353 e. The van der Waals surface area contributed by atoms with Crippen molar-refractivity contribution in [3.05, 3.63) is 0 Å². The highest BCUT2D eigenvalue weighted by atomic mass is 16.1.